The van der Waals surface area contributed by atoms with Crippen molar-refractivity contribution in [1.29, 1.82) is 0 Å². The first kappa shape index (κ1) is 26.1. The highest BCUT2D eigenvalue weighted by atomic mass is 35.5. The molecular formula is C24H28ClFN2O5S. The summed E-state index contributed by atoms with van der Waals surface area (Å²) in [5.41, 5.74) is 0.617. The number of nitrogens with one attached hydrogen (secondary N) is 1. The first-order valence-electron chi connectivity index (χ1n) is 10.7. The summed E-state index contributed by atoms with van der Waals surface area (Å²) >= 11 is 6.00. The van der Waals surface area contributed by atoms with Gasteiger partial charge in [0.05, 0.1) is 12.2 Å². The van der Waals surface area contributed by atoms with Crippen LogP contribution in [0.15, 0.2) is 35.2 Å². The van der Waals surface area contributed by atoms with Crippen LogP contribution in [0.3, 0.4) is 0 Å². The van der Waals surface area contributed by atoms with Crippen LogP contribution in [0.1, 0.15) is 50.3 Å². The molecule has 0 fully saturated rings. The maximum Gasteiger partial charge on any atom is 0.325 e. The van der Waals surface area contributed by atoms with E-state index in [2.05, 4.69) is 5.32 Å². The van der Waals surface area contributed by atoms with Crippen LogP contribution in [0, 0.1) is 19.7 Å². The lowest BCUT2D eigenvalue weighted by Crippen LogP contribution is -2.51. The molecule has 7 nitrogen and oxygen atoms in total. The van der Waals surface area contributed by atoms with Gasteiger partial charge >= 0.3 is 5.97 Å². The van der Waals surface area contributed by atoms with Crippen molar-refractivity contribution in [3.63, 3.8) is 0 Å². The molecule has 1 amide bonds. The van der Waals surface area contributed by atoms with Gasteiger partial charge in [0, 0.05) is 10.9 Å². The Morgan fingerprint density at radius 1 is 1.21 bits per heavy atom. The van der Waals surface area contributed by atoms with Gasteiger partial charge in [-0.2, -0.15) is 4.31 Å². The van der Waals surface area contributed by atoms with E-state index in [4.69, 9.17) is 16.3 Å². The SMILES string of the molecule is Cc1ccc(F)c(C(C)[C@@H](C(=O)OC(C)(C)C)N2CC(=O)Nc3cc(Cl)ccc3S2(=O)=O)c1C. The lowest BCUT2D eigenvalue weighted by molar-refractivity contribution is -0.160. The summed E-state index contributed by atoms with van der Waals surface area (Å²) in [7, 11) is -4.39. The van der Waals surface area contributed by atoms with Crippen LogP contribution in [0.5, 0.6) is 0 Å². The third kappa shape index (κ3) is 5.11. The highest BCUT2D eigenvalue weighted by molar-refractivity contribution is 7.89. The number of sulfonamides is 1. The third-order valence-electron chi connectivity index (χ3n) is 5.72. The summed E-state index contributed by atoms with van der Waals surface area (Å²) in [4.78, 5) is 26.0. The average Bonchev–Trinajstić information content (AvgIpc) is 2.77. The number of anilines is 1. The highest BCUT2D eigenvalue weighted by Crippen LogP contribution is 2.37. The van der Waals surface area contributed by atoms with E-state index in [1.54, 1.807) is 47.6 Å². The molecule has 2 aromatic rings. The molecule has 0 saturated heterocycles. The van der Waals surface area contributed by atoms with Crippen molar-refractivity contribution in [2.75, 3.05) is 11.9 Å². The molecule has 1 aliphatic heterocycles. The van der Waals surface area contributed by atoms with E-state index < -0.39 is 51.8 Å². The summed E-state index contributed by atoms with van der Waals surface area (Å²) in [6.07, 6.45) is 0. The number of carbonyl (C=O) groups excluding carboxylic acids is 2. The highest BCUT2D eigenvalue weighted by Gasteiger charge is 2.46. The summed E-state index contributed by atoms with van der Waals surface area (Å²) in [5.74, 6) is -3.08. The van der Waals surface area contributed by atoms with Crippen LogP contribution in [0.2, 0.25) is 5.02 Å². The van der Waals surface area contributed by atoms with Gasteiger partial charge in [0.2, 0.25) is 15.9 Å². The first-order chi connectivity index (χ1) is 15.6. The van der Waals surface area contributed by atoms with Gasteiger partial charge in [-0.1, -0.05) is 24.6 Å². The number of halogens is 2. The molecule has 0 bridgehead atoms. The lowest BCUT2D eigenvalue weighted by Gasteiger charge is -2.34. The number of benzene rings is 2. The zero-order chi connectivity index (χ0) is 25.6. The number of hydrogen-bond donors (Lipinski definition) is 1. The second-order valence-electron chi connectivity index (χ2n) is 9.41. The molecular weight excluding hydrogens is 483 g/mol. The Bertz CT molecular complexity index is 1260. The minimum atomic E-state index is -4.39. The number of fused-ring (bicyclic) bond motifs is 1. The molecule has 1 N–H and O–H groups in total. The summed E-state index contributed by atoms with van der Waals surface area (Å²) in [5, 5.41) is 2.76. The van der Waals surface area contributed by atoms with Crippen LogP contribution in [0.25, 0.3) is 0 Å². The molecule has 0 spiro atoms. The zero-order valence-corrected chi connectivity index (χ0v) is 21.5. The van der Waals surface area contributed by atoms with Gasteiger partial charge in [-0.15, -0.1) is 0 Å². The molecule has 1 unspecified atom stereocenters. The number of esters is 1. The minimum Gasteiger partial charge on any atom is -0.459 e. The van der Waals surface area contributed by atoms with Gasteiger partial charge < -0.3 is 10.1 Å². The van der Waals surface area contributed by atoms with E-state index in [1.807, 2.05) is 0 Å². The summed E-state index contributed by atoms with van der Waals surface area (Å²) < 4.78 is 48.9. The number of hydrogen-bond acceptors (Lipinski definition) is 5. The quantitative estimate of drug-likeness (QED) is 0.609. The van der Waals surface area contributed by atoms with Crippen LogP contribution < -0.4 is 5.32 Å². The molecule has 0 aliphatic carbocycles. The van der Waals surface area contributed by atoms with Crippen molar-refractivity contribution < 1.29 is 27.1 Å². The molecule has 10 heteroatoms. The smallest absolute Gasteiger partial charge is 0.325 e. The average molecular weight is 511 g/mol. The Morgan fingerprint density at radius 3 is 2.47 bits per heavy atom. The Kier molecular flexibility index (Phi) is 7.13. The van der Waals surface area contributed by atoms with Crippen LogP contribution in [-0.4, -0.2) is 42.8 Å². The maximum absolute atomic E-state index is 15.0. The van der Waals surface area contributed by atoms with Crippen molar-refractivity contribution in [3.8, 4) is 0 Å². The Hall–Kier alpha value is -2.49. The van der Waals surface area contributed by atoms with Gasteiger partial charge in [0.15, 0.2) is 0 Å². The van der Waals surface area contributed by atoms with Crippen LogP contribution in [0.4, 0.5) is 10.1 Å². The molecule has 0 aromatic heterocycles. The molecule has 1 heterocycles. The van der Waals surface area contributed by atoms with Gasteiger partial charge in [-0.3, -0.25) is 9.59 Å². The van der Waals surface area contributed by atoms with E-state index in [9.17, 15) is 18.0 Å². The van der Waals surface area contributed by atoms with Crippen LogP contribution in [-0.2, 0) is 24.3 Å². The predicted molar refractivity (Wildman–Crippen MR) is 128 cm³/mol. The molecule has 3 rings (SSSR count). The molecule has 0 saturated carbocycles. The number of amides is 1. The fourth-order valence-corrected chi connectivity index (χ4v) is 5.98. The Balaban J connectivity index is 2.24. The summed E-state index contributed by atoms with van der Waals surface area (Å²) in [6.45, 7) is 9.33. The fourth-order valence-electron chi connectivity index (χ4n) is 4.07. The van der Waals surface area contributed by atoms with E-state index in [-0.39, 0.29) is 21.2 Å². The Morgan fingerprint density at radius 2 is 1.85 bits per heavy atom. The number of aryl methyl sites for hydroxylation is 1. The minimum absolute atomic E-state index is 0.00788. The standard InChI is InChI=1S/C24H28ClFN2O5S/c1-13-7-9-17(26)21(14(13)2)15(3)22(23(30)33-24(4,5)6)28-12-20(29)27-18-11-16(25)8-10-19(18)34(28,31)32/h7-11,15,22H,12H2,1-6H3,(H,27,29)/t15?,22-/m0/s1. The van der Waals surface area contributed by atoms with Gasteiger partial charge in [-0.05, 0) is 75.6 Å². The molecule has 2 atom stereocenters. The van der Waals surface area contributed by atoms with Crippen molar-refractivity contribution in [3.05, 3.63) is 57.9 Å². The molecule has 184 valence electrons. The number of nitrogens with zero attached hydrogens (tertiary/aromatic N) is 1. The number of rotatable bonds is 4. The van der Waals surface area contributed by atoms with Gasteiger partial charge in [0.1, 0.15) is 22.4 Å². The molecule has 34 heavy (non-hydrogen) atoms. The van der Waals surface area contributed by atoms with E-state index in [0.717, 1.165) is 9.87 Å². The second kappa shape index (κ2) is 9.28. The normalized spacial score (nSPS) is 17.8. The van der Waals surface area contributed by atoms with E-state index in [0.29, 0.717) is 5.56 Å². The lowest BCUT2D eigenvalue weighted by atomic mass is 9.87. The van der Waals surface area contributed by atoms with Gasteiger partial charge in [0.25, 0.3) is 0 Å². The predicted octanol–water partition coefficient (Wildman–Crippen LogP) is 4.55. The maximum atomic E-state index is 15.0. The monoisotopic (exact) mass is 510 g/mol. The van der Waals surface area contributed by atoms with Crippen molar-refractivity contribution >= 4 is 39.2 Å². The molecule has 0 radical (unpaired) electrons. The number of ether oxygens (including phenoxy) is 1. The van der Waals surface area contributed by atoms with Crippen LogP contribution >= 0.6 is 11.6 Å². The van der Waals surface area contributed by atoms with E-state index in [1.165, 1.54) is 24.3 Å². The summed E-state index contributed by atoms with van der Waals surface area (Å²) in [6, 6.07) is 5.35. The second-order valence-corrected chi connectivity index (χ2v) is 11.7. The fraction of sp³-hybridized carbons (Fsp3) is 0.417. The van der Waals surface area contributed by atoms with E-state index >= 15 is 4.39 Å². The van der Waals surface area contributed by atoms with Gasteiger partial charge in [-0.25, -0.2) is 12.8 Å². The first-order valence-corrected chi connectivity index (χ1v) is 12.5. The zero-order valence-electron chi connectivity index (χ0n) is 19.9. The third-order valence-corrected chi connectivity index (χ3v) is 7.84. The largest absolute Gasteiger partial charge is 0.459 e. The molecule has 2 aromatic carbocycles. The topological polar surface area (TPSA) is 92.8 Å². The molecule has 1 aliphatic rings. The number of carbonyl (C=O) groups is 2. The Labute approximate surface area is 204 Å². The van der Waals surface area contributed by atoms with Crippen molar-refractivity contribution in [1.82, 2.24) is 4.31 Å². The van der Waals surface area contributed by atoms with Crippen molar-refractivity contribution in [2.24, 2.45) is 0 Å². The van der Waals surface area contributed by atoms with Crippen molar-refractivity contribution in [2.45, 2.75) is 64.0 Å².